The molecule has 2 radical (unpaired) electrons. The number of fused-ring (bicyclic) bond motifs is 3. The molecule has 0 bridgehead atoms. The van der Waals surface area contributed by atoms with Gasteiger partial charge in [-0.15, -0.1) is 0 Å². The zero-order chi connectivity index (χ0) is 43.6. The van der Waals surface area contributed by atoms with E-state index in [1.54, 1.807) is 24.1 Å². The fraction of sp³-hybridized carbons (Fsp3) is 0.524. The number of amides is 2. The highest BCUT2D eigenvalue weighted by atomic mass is 19.3. The number of unbranched alkanes of at least 4 members (excludes halogenated alkanes) is 1. The normalized spacial score (nSPS) is 20.3. The number of benzene rings is 1. The van der Waals surface area contributed by atoms with Crippen LogP contribution in [0.25, 0.3) is 11.1 Å². The number of aromatic nitrogens is 2. The summed E-state index contributed by atoms with van der Waals surface area (Å²) >= 11 is 0. The van der Waals surface area contributed by atoms with Crippen molar-refractivity contribution in [3.63, 3.8) is 0 Å². The number of carbonyl (C=O) groups excluding carboxylic acids is 3. The number of nitrogens with two attached hydrogens (primary N) is 3. The molecule has 2 saturated carbocycles. The Hall–Kier alpha value is -5.20. The van der Waals surface area contributed by atoms with E-state index in [1.807, 2.05) is 37.5 Å². The van der Waals surface area contributed by atoms with Gasteiger partial charge in [-0.25, -0.2) is 8.78 Å². The van der Waals surface area contributed by atoms with Gasteiger partial charge in [-0.1, -0.05) is 31.2 Å². The minimum atomic E-state index is -2.41. The lowest BCUT2D eigenvalue weighted by Gasteiger charge is -2.38. The highest BCUT2D eigenvalue weighted by molar-refractivity contribution is 6.10. The molecule has 4 aliphatic rings. The number of nitrogens with one attached hydrogen (secondary N) is 4. The van der Waals surface area contributed by atoms with Crippen molar-refractivity contribution in [1.29, 1.82) is 0 Å². The summed E-state index contributed by atoms with van der Waals surface area (Å²) in [6.07, 6.45) is 15.6. The molecule has 3 fully saturated rings. The van der Waals surface area contributed by atoms with Crippen molar-refractivity contribution in [2.24, 2.45) is 23.1 Å². The van der Waals surface area contributed by atoms with E-state index in [9.17, 15) is 28.3 Å². The Kier molecular flexibility index (Phi) is 16.0. The lowest BCUT2D eigenvalue weighted by molar-refractivity contribution is -0.121. The van der Waals surface area contributed by atoms with Crippen LogP contribution in [0, 0.1) is 5.92 Å². The molecule has 1 aromatic heterocycles. The Morgan fingerprint density at radius 3 is 2.47 bits per heavy atom. The van der Waals surface area contributed by atoms with E-state index in [-0.39, 0.29) is 65.8 Å². The molecule has 324 valence electrons. The van der Waals surface area contributed by atoms with Gasteiger partial charge in [-0.2, -0.15) is 5.10 Å². The number of aldehydes is 1. The van der Waals surface area contributed by atoms with Gasteiger partial charge in [-0.05, 0) is 83.5 Å². The first-order chi connectivity index (χ1) is 28.6. The van der Waals surface area contributed by atoms with E-state index in [0.29, 0.717) is 31.5 Å². The van der Waals surface area contributed by atoms with Crippen molar-refractivity contribution in [2.45, 2.75) is 101 Å². The fourth-order valence-corrected chi connectivity index (χ4v) is 7.45. The maximum atomic E-state index is 13.1. The van der Waals surface area contributed by atoms with Gasteiger partial charge in [0.05, 0.1) is 59.4 Å². The first kappa shape index (κ1) is 45.9. The van der Waals surface area contributed by atoms with Gasteiger partial charge in [0.1, 0.15) is 19.4 Å². The van der Waals surface area contributed by atoms with E-state index in [2.05, 4.69) is 37.8 Å². The first-order valence-electron chi connectivity index (χ1n) is 20.7. The average molecular weight is 832 g/mol. The molecule has 3 heterocycles. The molecule has 1 aromatic carbocycles. The van der Waals surface area contributed by atoms with Gasteiger partial charge in [-0.3, -0.25) is 19.1 Å². The van der Waals surface area contributed by atoms with Crippen LogP contribution in [0.3, 0.4) is 0 Å². The minimum Gasteiger partial charge on any atom is -0.396 e. The summed E-state index contributed by atoms with van der Waals surface area (Å²) in [5.41, 5.74) is 23.4. The van der Waals surface area contributed by atoms with Crippen LogP contribution >= 0.6 is 0 Å². The van der Waals surface area contributed by atoms with E-state index < -0.39 is 18.0 Å². The molecule has 2 aliphatic carbocycles. The Labute approximate surface area is 352 Å². The molecular weight excluding hydrogens is 771 g/mol. The standard InChI is InChI=1S/C37H51BN10O4.C5H9F2N/c1-3-30-34-27(20-43-48(34)25(17-18-42-37(38)52)10-7-5-4-6-9-23(39)21-49)26-11-8-12-28(33(26)47(30)2)45-29(32(41)36(51)44-24-15-16-24)19-31(40)46-35(50)22-13-14-22;1-8-3-2-5(6,7)4-8/h4,6,8-9,11-12,19-22,24-25,30,37,42,45,52H,3,5,7,10,13-18,39-41H2,1-2H3,(H,44,51)(H,46,50);2-4H2,1H3/b6-4-,23-9-,31-19+,32-29+;. The fourth-order valence-electron chi connectivity index (χ4n) is 7.45. The minimum absolute atomic E-state index is 0.00238. The third-order valence-electron chi connectivity index (χ3n) is 10.9. The van der Waals surface area contributed by atoms with Crippen LogP contribution in [0.5, 0.6) is 0 Å². The molecule has 15 nitrogen and oxygen atoms in total. The van der Waals surface area contributed by atoms with Crippen molar-refractivity contribution in [3.8, 4) is 11.1 Å². The van der Waals surface area contributed by atoms with E-state index in [0.717, 1.165) is 73.9 Å². The highest BCUT2D eigenvalue weighted by Gasteiger charge is 2.37. The van der Waals surface area contributed by atoms with Crippen molar-refractivity contribution in [2.75, 3.05) is 43.9 Å². The lowest BCUT2D eigenvalue weighted by Crippen LogP contribution is -2.34. The van der Waals surface area contributed by atoms with Crippen LogP contribution < -0.4 is 43.4 Å². The number of hydrogen-bond acceptors (Lipinski definition) is 12. The second-order valence-electron chi connectivity index (χ2n) is 16.0. The smallest absolute Gasteiger partial charge is 0.269 e. The predicted octanol–water partition coefficient (Wildman–Crippen LogP) is 3.33. The molecule has 2 amide bonds. The van der Waals surface area contributed by atoms with Crippen LogP contribution in [-0.2, 0) is 14.4 Å². The summed E-state index contributed by atoms with van der Waals surface area (Å²) in [4.78, 5) is 40.3. The zero-order valence-corrected chi connectivity index (χ0v) is 34.8. The summed E-state index contributed by atoms with van der Waals surface area (Å²) in [5, 5.41) is 26.6. The highest BCUT2D eigenvalue weighted by Crippen LogP contribution is 2.49. The quantitative estimate of drug-likeness (QED) is 0.0255. The molecule has 3 unspecified atom stereocenters. The van der Waals surface area contributed by atoms with Gasteiger partial charge < -0.3 is 53.4 Å². The second kappa shape index (κ2) is 20.9. The number of carbonyl (C=O) groups is 3. The van der Waals surface area contributed by atoms with Gasteiger partial charge >= 0.3 is 0 Å². The molecule has 11 N–H and O–H groups in total. The SMILES string of the molecule is CN1CCC(F)(F)C1.[B]C(O)NCCC(CCC/C=C\C=C(/N)C=O)n1ncc2c1C(CC)N(C)c1c(NC(/C=C(\N)NC(=O)C3CC3)=C(/N)C(=O)NC3CC3)cccc1-2. The Morgan fingerprint density at radius 2 is 1.87 bits per heavy atom. The molecule has 6 rings (SSSR count). The van der Waals surface area contributed by atoms with Crippen molar-refractivity contribution >= 4 is 37.3 Å². The number of hydrogen-bond donors (Lipinski definition) is 8. The molecule has 2 aliphatic heterocycles. The van der Waals surface area contributed by atoms with Crippen LogP contribution in [0.2, 0.25) is 0 Å². The monoisotopic (exact) mass is 831 g/mol. The van der Waals surface area contributed by atoms with Gasteiger partial charge in [0.15, 0.2) is 6.29 Å². The third kappa shape index (κ3) is 12.7. The zero-order valence-electron chi connectivity index (χ0n) is 34.8. The maximum Gasteiger partial charge on any atom is 0.269 e. The number of aliphatic hydroxyl groups is 1. The maximum absolute atomic E-state index is 13.1. The van der Waals surface area contributed by atoms with Crippen molar-refractivity contribution < 1.29 is 28.3 Å². The average Bonchev–Trinajstić information content (AvgIpc) is 4.14. The number of anilines is 2. The van der Waals surface area contributed by atoms with E-state index >= 15 is 0 Å². The summed E-state index contributed by atoms with van der Waals surface area (Å²) in [6, 6.07) is 5.95. The van der Waals surface area contributed by atoms with Gasteiger partial charge in [0.2, 0.25) is 5.91 Å². The molecule has 3 atom stereocenters. The van der Waals surface area contributed by atoms with Gasteiger partial charge in [0, 0.05) is 49.2 Å². The Bertz CT molecular complexity index is 1960. The Balaban J connectivity index is 0.000000763. The topological polar surface area (TPSA) is 222 Å². The number of para-hydroxylation sites is 1. The lowest BCUT2D eigenvalue weighted by atomic mass is 9.91. The van der Waals surface area contributed by atoms with E-state index in [1.165, 1.54) is 6.08 Å². The summed E-state index contributed by atoms with van der Waals surface area (Å²) < 4.78 is 26.4. The second-order valence-corrected chi connectivity index (χ2v) is 16.0. The van der Waals surface area contributed by atoms with E-state index in [4.69, 9.17) is 30.1 Å². The van der Waals surface area contributed by atoms with Crippen molar-refractivity contribution in [3.05, 3.63) is 77.3 Å². The number of alkyl halides is 2. The van der Waals surface area contributed by atoms with Crippen LogP contribution in [0.4, 0.5) is 20.2 Å². The molecule has 1 saturated heterocycles. The largest absolute Gasteiger partial charge is 0.396 e. The molecule has 2 aromatic rings. The molecular formula is C42H60BF2N11O4. The Morgan fingerprint density at radius 1 is 1.12 bits per heavy atom. The number of aliphatic hydroxyl groups excluding tert-OH is 1. The molecule has 0 spiro atoms. The molecule has 18 heteroatoms. The number of likely N-dealkylation sites (tertiary alicyclic amines) is 1. The van der Waals surface area contributed by atoms with Crippen LogP contribution in [0.1, 0.15) is 88.9 Å². The van der Waals surface area contributed by atoms with Crippen LogP contribution in [0.15, 0.2) is 71.6 Å². The van der Waals surface area contributed by atoms with Crippen LogP contribution in [-0.4, -0.2) is 97.6 Å². The summed E-state index contributed by atoms with van der Waals surface area (Å²) in [6.45, 7) is 3.09. The third-order valence-corrected chi connectivity index (χ3v) is 10.9. The predicted molar refractivity (Wildman–Crippen MR) is 230 cm³/mol. The summed E-state index contributed by atoms with van der Waals surface area (Å²) in [5.74, 6) is -2.92. The van der Waals surface area contributed by atoms with Gasteiger partial charge in [0.25, 0.3) is 11.8 Å². The molecule has 60 heavy (non-hydrogen) atoms. The number of halogens is 2. The van der Waals surface area contributed by atoms with Crippen molar-refractivity contribution in [1.82, 2.24) is 30.6 Å². The number of nitrogens with zero attached hydrogens (tertiary/aromatic N) is 4. The summed E-state index contributed by atoms with van der Waals surface area (Å²) in [7, 11) is 9.33. The number of rotatable bonds is 19. The first-order valence-corrected chi connectivity index (χ1v) is 20.7. The number of allylic oxidation sites excluding steroid dienone is 5.